The van der Waals surface area contributed by atoms with Crippen molar-refractivity contribution in [1.82, 2.24) is 39.9 Å². The van der Waals surface area contributed by atoms with Gasteiger partial charge in [0.25, 0.3) is 5.91 Å². The van der Waals surface area contributed by atoms with E-state index in [2.05, 4.69) is 85.7 Å². The van der Waals surface area contributed by atoms with Gasteiger partial charge in [0.1, 0.15) is 23.6 Å². The smallest absolute Gasteiger partial charge is 0.256 e. The van der Waals surface area contributed by atoms with Crippen LogP contribution in [0.5, 0.6) is 0 Å². The zero-order valence-electron chi connectivity index (χ0n) is 72.2. The lowest BCUT2D eigenvalue weighted by molar-refractivity contribution is -0.116. The lowest BCUT2D eigenvalue weighted by atomic mass is 9.97. The van der Waals surface area contributed by atoms with Crippen LogP contribution in [0.3, 0.4) is 0 Å². The quantitative estimate of drug-likeness (QED) is 0.00989. The molecule has 135 heavy (non-hydrogen) atoms. The van der Waals surface area contributed by atoms with E-state index in [0.29, 0.717) is 73.4 Å². The Morgan fingerprint density at radius 3 is 0.933 bits per heavy atom. The van der Waals surface area contributed by atoms with E-state index in [9.17, 15) is 80.6 Å². The molecule has 4 atom stereocenters. The van der Waals surface area contributed by atoms with Crippen LogP contribution in [0, 0.1) is 44.3 Å². The van der Waals surface area contributed by atoms with Crippen molar-refractivity contribution in [3.63, 3.8) is 0 Å². The fourth-order valence-corrected chi connectivity index (χ4v) is 14.3. The SMILES string of the molecule is CC(c1ccccc1)c1nc(-c2ccc(CO)cc2)cnc1NC(=O)Cc1c(F)c(F)c(F)c(F)c1F.CC(c1ccccc1)c1nc(-c2ccc(CO)cc2)cnc1NC(=O)c1ccccc1.O=C(Cc1ccc(F)c(F)c1)Nc1ncc(-c2ccc(CO)cc2)nc1C(O)c1ccccc1.O=C(Cc1ccc(I)cc1)Nc1ncc(-c2ccc(CO)cc2)nc1C(O)c1ccccc1. The molecule has 12 aromatic carbocycles. The van der Waals surface area contributed by atoms with Gasteiger partial charge >= 0.3 is 0 Å². The summed E-state index contributed by atoms with van der Waals surface area (Å²) >= 11 is 2.22. The van der Waals surface area contributed by atoms with Crippen molar-refractivity contribution >= 4 is 69.5 Å². The number of aromatic nitrogens is 8. The Morgan fingerprint density at radius 1 is 0.311 bits per heavy atom. The van der Waals surface area contributed by atoms with Gasteiger partial charge in [0.2, 0.25) is 23.5 Å². The molecule has 0 radical (unpaired) electrons. The Kier molecular flexibility index (Phi) is 33.7. The molecular formula is C105H86F7IN12O10. The summed E-state index contributed by atoms with van der Waals surface area (Å²) in [4.78, 5) is 87.1. The van der Waals surface area contributed by atoms with Crippen LogP contribution >= 0.6 is 22.6 Å². The second kappa shape index (κ2) is 46.8. The molecule has 0 aliphatic heterocycles. The lowest BCUT2D eigenvalue weighted by Gasteiger charge is -2.17. The molecule has 4 unspecified atom stereocenters. The minimum Gasteiger partial charge on any atom is -0.392 e. The number of carbonyl (C=O) groups is 4. The molecule has 16 rings (SSSR count). The van der Waals surface area contributed by atoms with Gasteiger partial charge in [-0.3, -0.25) is 19.2 Å². The van der Waals surface area contributed by atoms with Gasteiger partial charge in [-0.1, -0.05) is 269 Å². The van der Waals surface area contributed by atoms with E-state index >= 15 is 0 Å². The number of halogens is 8. The van der Waals surface area contributed by atoms with Crippen LogP contribution < -0.4 is 21.3 Å². The highest BCUT2D eigenvalue weighted by atomic mass is 127. The van der Waals surface area contributed by atoms with Gasteiger partial charge in [0, 0.05) is 48.8 Å². The topological polar surface area (TPSA) is 341 Å². The van der Waals surface area contributed by atoms with E-state index in [1.807, 2.05) is 171 Å². The Balaban J connectivity index is 0.000000153. The van der Waals surface area contributed by atoms with Crippen molar-refractivity contribution in [2.75, 3.05) is 21.3 Å². The number of anilines is 4. The fraction of sp³-hybridized carbons (Fsp3) is 0.124. The van der Waals surface area contributed by atoms with E-state index in [-0.39, 0.29) is 91.4 Å². The number of nitrogens with zero attached hydrogens (tertiary/aromatic N) is 8. The summed E-state index contributed by atoms with van der Waals surface area (Å²) in [5.41, 5.74) is 13.3. The first kappa shape index (κ1) is 97.4. The molecule has 0 aliphatic carbocycles. The Morgan fingerprint density at radius 2 is 0.593 bits per heavy atom. The second-order valence-corrected chi connectivity index (χ2v) is 31.9. The number of aliphatic hydroxyl groups is 6. The van der Waals surface area contributed by atoms with Crippen LogP contribution in [0.1, 0.15) is 132 Å². The summed E-state index contributed by atoms with van der Waals surface area (Å²) in [5, 5.41) is 69.9. The standard InChI is InChI=1S/C27H20F5N3O2.C26H21F2N3O3.C26H22IN3O3.C26H23N3O2/c1-14(16-5-3-2-4-6-16)26-27(33-12-19(34-26)17-9-7-15(13-36)8-10-17)35-20(37)11-18-21(28)23(30)25(32)24(31)22(18)29;27-20-11-8-17(12-21(20)28)13-23(33)31-26-24(25(34)19-4-2-1-3-5-19)30-22(14-29-26)18-9-6-16(15-32)7-10-18;27-21-12-8-17(9-13-21)14-23(32)30-26-24(25(33)20-4-2-1-3-5-20)29-22(15-28-26)19-10-6-18(16-31)7-11-19;1-18(20-8-4-2-5-9-20)24-25(29-26(31)22-10-6-3-7-11-22)27-16-23(28-24)21-14-12-19(17-30)13-15-21/h2-10,12,14,36H,11,13H2,1H3,(H,33,35,37);1-12,14,25,32,34H,13,15H2,(H,29,31,33);1-13,15,25,31,33H,14,16H2,(H,28,30,32);2-16,18,30H,17H2,1H3,(H,27,29,31). The second-order valence-electron chi connectivity index (χ2n) is 30.7. The number of hydrogen-bond acceptors (Lipinski definition) is 18. The fourth-order valence-electron chi connectivity index (χ4n) is 13.9. The molecular weight excluding hydrogens is 1850 g/mol. The molecule has 22 nitrogen and oxygen atoms in total. The van der Waals surface area contributed by atoms with Crippen molar-refractivity contribution in [2.45, 2.75) is 83.6 Å². The van der Waals surface area contributed by atoms with Crippen LogP contribution in [0.25, 0.3) is 45.0 Å². The molecule has 10 N–H and O–H groups in total. The number of hydrogen-bond donors (Lipinski definition) is 10. The maximum Gasteiger partial charge on any atom is 0.256 e. The van der Waals surface area contributed by atoms with Crippen LogP contribution in [0.15, 0.2) is 316 Å². The summed E-state index contributed by atoms with van der Waals surface area (Å²) in [7, 11) is 0. The van der Waals surface area contributed by atoms with E-state index in [4.69, 9.17) is 4.98 Å². The van der Waals surface area contributed by atoms with E-state index in [1.165, 1.54) is 18.5 Å². The molecule has 0 saturated heterocycles. The predicted octanol–water partition coefficient (Wildman–Crippen LogP) is 19.4. The maximum absolute atomic E-state index is 14.1. The highest BCUT2D eigenvalue weighted by Crippen LogP contribution is 2.36. The van der Waals surface area contributed by atoms with E-state index in [1.54, 1.807) is 122 Å². The highest BCUT2D eigenvalue weighted by Gasteiger charge is 2.30. The summed E-state index contributed by atoms with van der Waals surface area (Å²) in [6.07, 6.45) is 2.68. The zero-order chi connectivity index (χ0) is 95.6. The van der Waals surface area contributed by atoms with Crippen molar-refractivity contribution in [3.05, 3.63) is 450 Å². The Labute approximate surface area is 784 Å². The number of amides is 4. The molecule has 16 aromatic rings. The number of aliphatic hydroxyl groups excluding tert-OH is 6. The molecule has 682 valence electrons. The molecule has 4 aromatic heterocycles. The number of carbonyl (C=O) groups excluding carboxylic acids is 4. The van der Waals surface area contributed by atoms with Crippen molar-refractivity contribution in [2.24, 2.45) is 0 Å². The molecule has 4 amide bonds. The predicted molar refractivity (Wildman–Crippen MR) is 506 cm³/mol. The van der Waals surface area contributed by atoms with Gasteiger partial charge in [-0.25, -0.2) is 70.6 Å². The first-order valence-corrected chi connectivity index (χ1v) is 43.2. The van der Waals surface area contributed by atoms with Gasteiger partial charge in [-0.05, 0) is 115 Å². The van der Waals surface area contributed by atoms with Gasteiger partial charge < -0.3 is 51.9 Å². The Bertz CT molecular complexity index is 6740. The summed E-state index contributed by atoms with van der Waals surface area (Å²) in [6, 6.07) is 85.9. The average Bonchev–Trinajstić information content (AvgIpc) is 0.797. The average molecular weight is 1940 g/mol. The molecule has 30 heteroatoms. The normalized spacial score (nSPS) is 11.8. The van der Waals surface area contributed by atoms with Crippen molar-refractivity contribution < 1.29 is 80.6 Å². The molecule has 0 fully saturated rings. The van der Waals surface area contributed by atoms with Crippen LogP contribution in [0.2, 0.25) is 0 Å². The summed E-state index contributed by atoms with van der Waals surface area (Å²) in [6.45, 7) is 3.60. The van der Waals surface area contributed by atoms with Gasteiger partial charge in [0.05, 0.1) is 105 Å². The molecule has 0 spiro atoms. The third-order valence-electron chi connectivity index (χ3n) is 21.4. The summed E-state index contributed by atoms with van der Waals surface area (Å²) in [5.74, 6) is -14.5. The molecule has 4 heterocycles. The monoisotopic (exact) mass is 1930 g/mol. The van der Waals surface area contributed by atoms with E-state index < -0.39 is 82.6 Å². The van der Waals surface area contributed by atoms with Gasteiger partial charge in [-0.2, -0.15) is 0 Å². The lowest BCUT2D eigenvalue weighted by Crippen LogP contribution is -2.21. The number of nitrogens with one attached hydrogen (secondary N) is 4. The maximum atomic E-state index is 14.1. The number of rotatable bonds is 27. The molecule has 0 aliphatic rings. The van der Waals surface area contributed by atoms with Crippen LogP contribution in [0.4, 0.5) is 54.0 Å². The molecule has 0 bridgehead atoms. The van der Waals surface area contributed by atoms with Gasteiger partial charge in [0.15, 0.2) is 58.2 Å². The number of benzene rings is 12. The van der Waals surface area contributed by atoms with Crippen LogP contribution in [-0.2, 0) is 60.1 Å². The minimum atomic E-state index is -2.30. The van der Waals surface area contributed by atoms with Crippen LogP contribution in [-0.4, -0.2) is 94.1 Å². The van der Waals surface area contributed by atoms with Crippen molar-refractivity contribution in [1.29, 1.82) is 0 Å². The third kappa shape index (κ3) is 25.6. The first-order chi connectivity index (χ1) is 65.3. The highest BCUT2D eigenvalue weighted by molar-refractivity contribution is 14.1. The minimum absolute atomic E-state index is 0.00724. The van der Waals surface area contributed by atoms with E-state index in [0.717, 1.165) is 60.2 Å². The first-order valence-electron chi connectivity index (χ1n) is 42.1. The zero-order valence-corrected chi connectivity index (χ0v) is 74.4. The summed E-state index contributed by atoms with van der Waals surface area (Å²) < 4.78 is 96.4. The Hall–Kier alpha value is -15.2. The van der Waals surface area contributed by atoms with Crippen molar-refractivity contribution in [3.8, 4) is 45.0 Å². The van der Waals surface area contributed by atoms with Gasteiger partial charge in [-0.15, -0.1) is 0 Å². The third-order valence-corrected chi connectivity index (χ3v) is 22.1. The molecule has 0 saturated carbocycles. The largest absolute Gasteiger partial charge is 0.392 e.